The first kappa shape index (κ1) is 17.7. The van der Waals surface area contributed by atoms with Gasteiger partial charge >= 0.3 is 0 Å². The van der Waals surface area contributed by atoms with E-state index in [0.717, 1.165) is 31.5 Å². The van der Waals surface area contributed by atoms with E-state index in [2.05, 4.69) is 37.9 Å². The molecule has 0 aromatic rings. The van der Waals surface area contributed by atoms with E-state index >= 15 is 0 Å². The number of nitrogens with one attached hydrogen (secondary N) is 1. The Morgan fingerprint density at radius 1 is 1.20 bits per heavy atom. The van der Waals surface area contributed by atoms with Gasteiger partial charge in [0.1, 0.15) is 0 Å². The van der Waals surface area contributed by atoms with Crippen LogP contribution in [-0.2, 0) is 4.79 Å². The summed E-state index contributed by atoms with van der Waals surface area (Å²) in [5.41, 5.74) is 0. The average molecular weight is 304 g/mol. The molecule has 0 spiro atoms. The van der Waals surface area contributed by atoms with Crippen molar-refractivity contribution in [1.29, 1.82) is 0 Å². The highest BCUT2D eigenvalue weighted by Gasteiger charge is 2.34. The van der Waals surface area contributed by atoms with E-state index in [0.29, 0.717) is 6.54 Å². The molecule has 2 fully saturated rings. The summed E-state index contributed by atoms with van der Waals surface area (Å²) in [7, 11) is 0. The molecule has 1 N–H and O–H groups in total. The summed E-state index contributed by atoms with van der Waals surface area (Å²) < 4.78 is 0. The molecule has 2 aliphatic heterocycles. The summed E-state index contributed by atoms with van der Waals surface area (Å²) in [6.45, 7) is 13.5. The Morgan fingerprint density at radius 3 is 2.40 bits per heavy atom. The van der Waals surface area contributed by atoms with Crippen molar-refractivity contribution in [1.82, 2.24) is 15.1 Å². The van der Waals surface area contributed by atoms with Crippen molar-refractivity contribution in [3.8, 4) is 0 Å². The summed E-state index contributed by atoms with van der Waals surface area (Å²) in [6, 6.07) is 0.580. The maximum Gasteiger partial charge on any atom is 0.237 e. The number of hydrogen-bond acceptors (Lipinski definition) is 3. The van der Waals surface area contributed by atoms with E-state index in [1.165, 1.54) is 13.0 Å². The zero-order chi connectivity index (χ0) is 14.0. The van der Waals surface area contributed by atoms with Gasteiger partial charge in [-0.05, 0) is 65.6 Å². The van der Waals surface area contributed by atoms with Crippen LogP contribution in [0.15, 0.2) is 0 Å². The molecule has 0 aromatic heterocycles. The lowest BCUT2D eigenvalue weighted by Gasteiger charge is -2.37. The second-order valence-electron chi connectivity index (χ2n) is 6.69. The molecular formula is C15H30ClN3O. The number of amides is 1. The van der Waals surface area contributed by atoms with Crippen molar-refractivity contribution in [2.75, 3.05) is 32.7 Å². The Hall–Kier alpha value is -0.320. The number of piperidine rings is 1. The van der Waals surface area contributed by atoms with Crippen LogP contribution in [0.1, 0.15) is 34.1 Å². The summed E-state index contributed by atoms with van der Waals surface area (Å²) >= 11 is 0. The van der Waals surface area contributed by atoms with Gasteiger partial charge in [-0.15, -0.1) is 12.4 Å². The lowest BCUT2D eigenvalue weighted by Crippen LogP contribution is -2.50. The van der Waals surface area contributed by atoms with E-state index in [4.69, 9.17) is 0 Å². The first-order chi connectivity index (χ1) is 8.99. The molecule has 2 saturated heterocycles. The minimum atomic E-state index is 0. The Kier molecular flexibility index (Phi) is 6.76. The Bertz CT molecular complexity index is 314. The quantitative estimate of drug-likeness (QED) is 0.857. The highest BCUT2D eigenvalue weighted by Crippen LogP contribution is 2.26. The molecule has 0 aliphatic carbocycles. The predicted molar refractivity (Wildman–Crippen MR) is 85.3 cm³/mol. The van der Waals surface area contributed by atoms with E-state index in [-0.39, 0.29) is 30.4 Å². The van der Waals surface area contributed by atoms with Crippen LogP contribution in [0.4, 0.5) is 0 Å². The lowest BCUT2D eigenvalue weighted by molar-refractivity contribution is -0.136. The van der Waals surface area contributed by atoms with Gasteiger partial charge in [-0.25, -0.2) is 0 Å². The second-order valence-corrected chi connectivity index (χ2v) is 6.69. The fraction of sp³-hybridized carbons (Fsp3) is 0.933. The van der Waals surface area contributed by atoms with Crippen molar-refractivity contribution in [2.45, 2.75) is 46.2 Å². The molecule has 20 heavy (non-hydrogen) atoms. The first-order valence-corrected chi connectivity index (χ1v) is 7.73. The summed E-state index contributed by atoms with van der Waals surface area (Å²) in [5, 5.41) is 3.48. The molecule has 0 radical (unpaired) electrons. The van der Waals surface area contributed by atoms with Crippen molar-refractivity contribution in [3.63, 3.8) is 0 Å². The highest BCUT2D eigenvalue weighted by atomic mass is 35.5. The van der Waals surface area contributed by atoms with Crippen LogP contribution in [0.3, 0.4) is 0 Å². The molecule has 2 rings (SSSR count). The predicted octanol–water partition coefficient (Wildman–Crippen LogP) is 1.59. The third-order valence-corrected chi connectivity index (χ3v) is 4.55. The van der Waals surface area contributed by atoms with Crippen LogP contribution >= 0.6 is 12.4 Å². The number of hydrogen-bond donors (Lipinski definition) is 1. The van der Waals surface area contributed by atoms with Gasteiger partial charge in [0.2, 0.25) is 5.91 Å². The smallest absolute Gasteiger partial charge is 0.237 e. The Balaban J connectivity index is 0.00000200. The number of nitrogens with zero attached hydrogens (tertiary/aromatic N) is 2. The first-order valence-electron chi connectivity index (χ1n) is 7.73. The zero-order valence-corrected chi connectivity index (χ0v) is 14.1. The summed E-state index contributed by atoms with van der Waals surface area (Å²) in [4.78, 5) is 16.8. The van der Waals surface area contributed by atoms with Crippen LogP contribution in [0.2, 0.25) is 0 Å². The molecule has 118 valence electrons. The summed E-state index contributed by atoms with van der Waals surface area (Å²) in [5.74, 6) is 1.89. The van der Waals surface area contributed by atoms with Crippen LogP contribution in [0.25, 0.3) is 0 Å². The Morgan fingerprint density at radius 2 is 1.80 bits per heavy atom. The molecule has 4 nitrogen and oxygen atoms in total. The minimum absolute atomic E-state index is 0. The fourth-order valence-electron chi connectivity index (χ4n) is 3.70. The number of carbonyl (C=O) groups is 1. The average Bonchev–Trinajstić information content (AvgIpc) is 2.74. The number of carbonyl (C=O) groups excluding carboxylic acids is 1. The van der Waals surface area contributed by atoms with E-state index < -0.39 is 0 Å². The monoisotopic (exact) mass is 303 g/mol. The van der Waals surface area contributed by atoms with Crippen molar-refractivity contribution < 1.29 is 4.79 Å². The molecule has 5 heteroatoms. The number of rotatable bonds is 4. The van der Waals surface area contributed by atoms with E-state index in [1.807, 2.05) is 4.90 Å². The molecule has 0 aromatic carbocycles. The van der Waals surface area contributed by atoms with Crippen molar-refractivity contribution in [2.24, 2.45) is 11.8 Å². The van der Waals surface area contributed by atoms with Crippen LogP contribution in [0.5, 0.6) is 0 Å². The van der Waals surface area contributed by atoms with Gasteiger partial charge in [-0.3, -0.25) is 9.69 Å². The topological polar surface area (TPSA) is 35.6 Å². The van der Waals surface area contributed by atoms with Gasteiger partial charge < -0.3 is 10.2 Å². The largest absolute Gasteiger partial charge is 0.337 e. The molecular weight excluding hydrogens is 274 g/mol. The summed E-state index contributed by atoms with van der Waals surface area (Å²) in [6.07, 6.45) is 1.24. The van der Waals surface area contributed by atoms with Gasteiger partial charge in [-0.1, -0.05) is 0 Å². The SMILES string of the molecule is CC(C)N(C(=O)CN1CCC2CNCC2C1)C(C)C.Cl. The standard InChI is InChI=1S/C15H29N3O.ClH/c1-11(2)18(12(3)4)15(19)10-17-6-5-13-7-16-8-14(13)9-17;/h11-14,16H,5-10H2,1-4H3;1H. The maximum absolute atomic E-state index is 12.5. The third kappa shape index (κ3) is 4.09. The molecule has 0 bridgehead atoms. The van der Waals surface area contributed by atoms with Crippen LogP contribution < -0.4 is 5.32 Å². The highest BCUT2D eigenvalue weighted by molar-refractivity contribution is 5.85. The molecule has 2 unspecified atom stereocenters. The van der Waals surface area contributed by atoms with Gasteiger partial charge in [-0.2, -0.15) is 0 Å². The molecule has 0 saturated carbocycles. The van der Waals surface area contributed by atoms with Crippen molar-refractivity contribution >= 4 is 18.3 Å². The van der Waals surface area contributed by atoms with E-state index in [1.54, 1.807) is 0 Å². The number of likely N-dealkylation sites (tertiary alicyclic amines) is 1. The molecule has 2 heterocycles. The van der Waals surface area contributed by atoms with Gasteiger partial charge in [0.25, 0.3) is 0 Å². The molecule has 1 amide bonds. The molecule has 2 atom stereocenters. The van der Waals surface area contributed by atoms with Gasteiger partial charge in [0.15, 0.2) is 0 Å². The minimum Gasteiger partial charge on any atom is -0.337 e. The van der Waals surface area contributed by atoms with Crippen molar-refractivity contribution in [3.05, 3.63) is 0 Å². The van der Waals surface area contributed by atoms with Crippen LogP contribution in [-0.4, -0.2) is 60.5 Å². The van der Waals surface area contributed by atoms with Gasteiger partial charge in [0.05, 0.1) is 6.54 Å². The lowest BCUT2D eigenvalue weighted by atomic mass is 9.89. The Labute approximate surface area is 129 Å². The van der Waals surface area contributed by atoms with E-state index in [9.17, 15) is 4.79 Å². The van der Waals surface area contributed by atoms with Gasteiger partial charge in [0, 0.05) is 18.6 Å². The number of fused-ring (bicyclic) bond motifs is 1. The van der Waals surface area contributed by atoms with Crippen LogP contribution in [0, 0.1) is 11.8 Å². The normalized spacial score (nSPS) is 26.5. The molecule has 2 aliphatic rings. The third-order valence-electron chi connectivity index (χ3n) is 4.55. The second kappa shape index (κ2) is 7.62. The maximum atomic E-state index is 12.5. The number of halogens is 1. The zero-order valence-electron chi connectivity index (χ0n) is 13.3. The fourth-order valence-corrected chi connectivity index (χ4v) is 3.70.